The minimum atomic E-state index is 1.38. The predicted octanol–water partition coefficient (Wildman–Crippen LogP) is 4.77. The smallest absolute Gasteiger partial charge is 0.00141 e. The molecular weight excluding hydrogens is 188 g/mol. The normalized spacial score (nSPS) is 7.64. The molecule has 0 amide bonds. The molecule has 0 aliphatic rings. The summed E-state index contributed by atoms with van der Waals surface area (Å²) in [5.41, 5.74) is 0. The number of thiophene rings is 1. The van der Waals surface area contributed by atoms with E-state index >= 15 is 0 Å². The molecular formula is C13H18S. The van der Waals surface area contributed by atoms with Gasteiger partial charge in [0.2, 0.25) is 0 Å². The second-order valence-corrected chi connectivity index (χ2v) is 3.53. The van der Waals surface area contributed by atoms with Gasteiger partial charge in [-0.05, 0) is 18.4 Å². The summed E-state index contributed by atoms with van der Waals surface area (Å²) >= 11 is 1.78. The summed E-state index contributed by atoms with van der Waals surface area (Å²) in [6.07, 6.45) is 0. The SMILES string of the molecule is CC.Cc1cccs1.c1ccccc1. The first-order valence-electron chi connectivity index (χ1n) is 4.90. The van der Waals surface area contributed by atoms with Gasteiger partial charge in [-0.3, -0.25) is 0 Å². The molecule has 1 aromatic carbocycles. The van der Waals surface area contributed by atoms with E-state index in [9.17, 15) is 0 Å². The van der Waals surface area contributed by atoms with Crippen molar-refractivity contribution in [1.29, 1.82) is 0 Å². The molecule has 0 N–H and O–H groups in total. The molecule has 0 atom stereocenters. The summed E-state index contributed by atoms with van der Waals surface area (Å²) in [7, 11) is 0. The van der Waals surface area contributed by atoms with Gasteiger partial charge in [-0.2, -0.15) is 0 Å². The molecule has 2 rings (SSSR count). The van der Waals surface area contributed by atoms with Gasteiger partial charge in [-0.25, -0.2) is 0 Å². The second-order valence-electron chi connectivity index (χ2n) is 2.38. The van der Waals surface area contributed by atoms with Gasteiger partial charge < -0.3 is 0 Å². The minimum absolute atomic E-state index is 1.38. The Labute approximate surface area is 91.2 Å². The van der Waals surface area contributed by atoms with Crippen LogP contribution >= 0.6 is 11.3 Å². The molecule has 14 heavy (non-hydrogen) atoms. The van der Waals surface area contributed by atoms with Crippen LogP contribution in [0.3, 0.4) is 0 Å². The van der Waals surface area contributed by atoms with E-state index in [2.05, 4.69) is 24.4 Å². The molecule has 1 aromatic heterocycles. The molecule has 0 nitrogen and oxygen atoms in total. The molecule has 1 heteroatoms. The molecule has 2 aromatic rings. The largest absolute Gasteiger partial charge is 0.149 e. The van der Waals surface area contributed by atoms with Crippen molar-refractivity contribution >= 4 is 11.3 Å². The van der Waals surface area contributed by atoms with Gasteiger partial charge in [0.15, 0.2) is 0 Å². The average molecular weight is 206 g/mol. The number of benzene rings is 1. The highest BCUT2D eigenvalue weighted by molar-refractivity contribution is 7.09. The first kappa shape index (κ1) is 12.9. The van der Waals surface area contributed by atoms with E-state index in [0.717, 1.165) is 0 Å². The van der Waals surface area contributed by atoms with Crippen molar-refractivity contribution in [2.75, 3.05) is 0 Å². The Morgan fingerprint density at radius 1 is 0.786 bits per heavy atom. The van der Waals surface area contributed by atoms with Crippen LogP contribution in [0.1, 0.15) is 18.7 Å². The van der Waals surface area contributed by atoms with Gasteiger partial charge in [-0.15, -0.1) is 11.3 Å². The van der Waals surface area contributed by atoms with Gasteiger partial charge in [0, 0.05) is 4.88 Å². The fraction of sp³-hybridized carbons (Fsp3) is 0.231. The van der Waals surface area contributed by atoms with E-state index in [-0.39, 0.29) is 0 Å². The van der Waals surface area contributed by atoms with Crippen molar-refractivity contribution in [2.24, 2.45) is 0 Å². The summed E-state index contributed by atoms with van der Waals surface area (Å²) in [6.45, 7) is 6.10. The number of hydrogen-bond acceptors (Lipinski definition) is 1. The molecule has 0 aliphatic carbocycles. The first-order valence-corrected chi connectivity index (χ1v) is 5.77. The van der Waals surface area contributed by atoms with Crippen molar-refractivity contribution in [3.63, 3.8) is 0 Å². The predicted molar refractivity (Wildman–Crippen MR) is 66.8 cm³/mol. The van der Waals surface area contributed by atoms with E-state index in [0.29, 0.717) is 0 Å². The number of rotatable bonds is 0. The van der Waals surface area contributed by atoms with Crippen molar-refractivity contribution in [2.45, 2.75) is 20.8 Å². The van der Waals surface area contributed by atoms with Crippen molar-refractivity contribution < 1.29 is 0 Å². The Bertz CT molecular complexity index is 245. The highest BCUT2D eigenvalue weighted by Crippen LogP contribution is 2.03. The second kappa shape index (κ2) is 10.0. The van der Waals surface area contributed by atoms with E-state index in [4.69, 9.17) is 0 Å². The summed E-state index contributed by atoms with van der Waals surface area (Å²) < 4.78 is 0. The summed E-state index contributed by atoms with van der Waals surface area (Å²) in [5, 5.41) is 2.08. The van der Waals surface area contributed by atoms with E-state index < -0.39 is 0 Å². The van der Waals surface area contributed by atoms with Crippen LogP contribution in [0.2, 0.25) is 0 Å². The Kier molecular flexibility index (Phi) is 9.23. The summed E-state index contributed by atoms with van der Waals surface area (Å²) in [6, 6.07) is 16.2. The van der Waals surface area contributed by atoms with Crippen LogP contribution in [-0.2, 0) is 0 Å². The van der Waals surface area contributed by atoms with Gasteiger partial charge in [0.1, 0.15) is 0 Å². The fourth-order valence-electron chi connectivity index (χ4n) is 0.746. The molecule has 0 spiro atoms. The molecule has 0 fully saturated rings. The van der Waals surface area contributed by atoms with E-state index in [1.807, 2.05) is 50.2 Å². The molecule has 0 aliphatic heterocycles. The van der Waals surface area contributed by atoms with Crippen LogP contribution in [0, 0.1) is 6.92 Å². The van der Waals surface area contributed by atoms with Crippen molar-refractivity contribution in [3.05, 3.63) is 58.8 Å². The number of aryl methyl sites for hydroxylation is 1. The average Bonchev–Trinajstić information content (AvgIpc) is 2.76. The standard InChI is InChI=1S/C6H6.C5H6S.C2H6/c1-2-4-6-5-3-1;1-5-3-2-4-6-5;1-2/h1-6H;2-4H,1H3;1-2H3. The lowest BCUT2D eigenvalue weighted by Crippen LogP contribution is -1.47. The topological polar surface area (TPSA) is 0 Å². The van der Waals surface area contributed by atoms with Gasteiger partial charge in [0.05, 0.1) is 0 Å². The minimum Gasteiger partial charge on any atom is -0.149 e. The van der Waals surface area contributed by atoms with Crippen LogP contribution in [0.15, 0.2) is 53.9 Å². The maximum Gasteiger partial charge on any atom is 0.00141 e. The highest BCUT2D eigenvalue weighted by atomic mass is 32.1. The van der Waals surface area contributed by atoms with Crippen LogP contribution < -0.4 is 0 Å². The third kappa shape index (κ3) is 7.56. The van der Waals surface area contributed by atoms with Gasteiger partial charge in [-0.1, -0.05) is 56.3 Å². The molecule has 76 valence electrons. The monoisotopic (exact) mass is 206 g/mol. The Hall–Kier alpha value is -1.08. The van der Waals surface area contributed by atoms with Crippen LogP contribution in [0.5, 0.6) is 0 Å². The lowest BCUT2D eigenvalue weighted by atomic mass is 10.4. The maximum atomic E-state index is 2.10. The van der Waals surface area contributed by atoms with Crippen LogP contribution in [0.25, 0.3) is 0 Å². The number of hydrogen-bond donors (Lipinski definition) is 0. The zero-order valence-corrected chi connectivity index (χ0v) is 9.92. The van der Waals surface area contributed by atoms with E-state index in [1.165, 1.54) is 4.88 Å². The van der Waals surface area contributed by atoms with Crippen LogP contribution in [-0.4, -0.2) is 0 Å². The summed E-state index contributed by atoms with van der Waals surface area (Å²) in [5.74, 6) is 0. The van der Waals surface area contributed by atoms with E-state index in [1.54, 1.807) is 11.3 Å². The van der Waals surface area contributed by atoms with Crippen LogP contribution in [0.4, 0.5) is 0 Å². The van der Waals surface area contributed by atoms with Crippen molar-refractivity contribution in [1.82, 2.24) is 0 Å². The third-order valence-corrected chi connectivity index (χ3v) is 2.13. The summed E-state index contributed by atoms with van der Waals surface area (Å²) in [4.78, 5) is 1.38. The maximum absolute atomic E-state index is 2.10. The Morgan fingerprint density at radius 3 is 1.36 bits per heavy atom. The van der Waals surface area contributed by atoms with Gasteiger partial charge >= 0.3 is 0 Å². The molecule has 0 saturated carbocycles. The Balaban J connectivity index is 0.000000206. The zero-order chi connectivity index (χ0) is 10.6. The quantitative estimate of drug-likeness (QED) is 0.582. The molecule has 0 unspecified atom stereocenters. The van der Waals surface area contributed by atoms with Crippen molar-refractivity contribution in [3.8, 4) is 0 Å². The lowest BCUT2D eigenvalue weighted by molar-refractivity contribution is 1.50. The lowest BCUT2D eigenvalue weighted by Gasteiger charge is -1.69. The molecule has 0 radical (unpaired) electrons. The highest BCUT2D eigenvalue weighted by Gasteiger charge is 1.74. The molecule has 1 heterocycles. The van der Waals surface area contributed by atoms with Gasteiger partial charge in [0.25, 0.3) is 0 Å². The molecule has 0 saturated heterocycles. The first-order chi connectivity index (χ1) is 6.89. The zero-order valence-electron chi connectivity index (χ0n) is 9.10. The molecule has 0 bridgehead atoms. The fourth-order valence-corrected chi connectivity index (χ4v) is 1.27. The third-order valence-electron chi connectivity index (χ3n) is 1.33. The Morgan fingerprint density at radius 2 is 1.21 bits per heavy atom.